The molecule has 0 aliphatic carbocycles. The molecule has 0 amide bonds. The molecule has 2 aromatic rings. The lowest BCUT2D eigenvalue weighted by Gasteiger charge is -2.13. The Hall–Kier alpha value is -1.55. The first-order chi connectivity index (χ1) is 9.75. The Kier molecular flexibility index (Phi) is 7.83. The molecule has 114 valence electrons. The lowest BCUT2D eigenvalue weighted by Crippen LogP contribution is -3.00. The van der Waals surface area contributed by atoms with Gasteiger partial charge in [0, 0.05) is 18.7 Å². The molecule has 1 unspecified atom stereocenters. The summed E-state index contributed by atoms with van der Waals surface area (Å²) in [4.78, 5) is 0. The topological polar surface area (TPSA) is 41.5 Å². The van der Waals surface area contributed by atoms with Crippen LogP contribution in [0.2, 0.25) is 0 Å². The number of benzene rings is 2. The number of halogens is 1. The third kappa shape index (κ3) is 6.17. The van der Waals surface area contributed by atoms with Crippen molar-refractivity contribution in [2.45, 2.75) is 26.2 Å². The number of aliphatic hydroxyl groups is 1. The highest BCUT2D eigenvalue weighted by molar-refractivity contribution is 5.33. The molecule has 0 fully saturated rings. The average Bonchev–Trinajstić information content (AvgIpc) is 2.47. The van der Waals surface area contributed by atoms with Crippen molar-refractivity contribution in [3.63, 3.8) is 0 Å². The zero-order chi connectivity index (χ0) is 14.2. The van der Waals surface area contributed by atoms with Gasteiger partial charge in [-0.2, -0.15) is 0 Å². The van der Waals surface area contributed by atoms with Crippen molar-refractivity contribution in [3.05, 3.63) is 65.7 Å². The van der Waals surface area contributed by atoms with Crippen molar-refractivity contribution in [2.24, 2.45) is 0 Å². The van der Waals surface area contributed by atoms with Gasteiger partial charge >= 0.3 is 0 Å². The predicted octanol–water partition coefficient (Wildman–Crippen LogP) is -0.260. The lowest BCUT2D eigenvalue weighted by atomic mass is 10.2. The van der Waals surface area contributed by atoms with Gasteiger partial charge in [-0.15, -0.1) is 0 Å². The summed E-state index contributed by atoms with van der Waals surface area (Å²) in [6.45, 7) is 3.60. The van der Waals surface area contributed by atoms with Crippen molar-refractivity contribution >= 4 is 0 Å². The van der Waals surface area contributed by atoms with Crippen LogP contribution in [0.4, 0.5) is 0 Å². The molecule has 0 bridgehead atoms. The third-order valence-electron chi connectivity index (χ3n) is 2.96. The molecule has 0 aliphatic heterocycles. The zero-order valence-corrected chi connectivity index (χ0v) is 12.9. The van der Waals surface area contributed by atoms with E-state index in [9.17, 15) is 5.11 Å². The highest BCUT2D eigenvalue weighted by Crippen LogP contribution is 2.19. The van der Waals surface area contributed by atoms with Crippen LogP contribution in [0.25, 0.3) is 0 Å². The minimum absolute atomic E-state index is 0. The molecule has 0 aliphatic rings. The Morgan fingerprint density at radius 2 is 1.71 bits per heavy atom. The van der Waals surface area contributed by atoms with Crippen LogP contribution in [0.15, 0.2) is 54.6 Å². The monoisotopic (exact) mass is 306 g/mol. The molecule has 3 nitrogen and oxygen atoms in total. The first-order valence-electron chi connectivity index (χ1n) is 6.89. The van der Waals surface area contributed by atoms with Gasteiger partial charge in [-0.05, 0) is 18.6 Å². The van der Waals surface area contributed by atoms with Gasteiger partial charge in [-0.3, -0.25) is 0 Å². The Balaban J connectivity index is 0.00000220. The molecule has 0 aromatic heterocycles. The van der Waals surface area contributed by atoms with E-state index in [2.05, 4.69) is 5.32 Å². The standard InChI is InChI=1S/C17H21NO2.ClH/c1-14(19)11-18-12-16-9-5-6-10-17(16)20-13-15-7-3-2-4-8-15;/h2-10,14,18-19H,11-13H2,1H3;1H/p-1. The molecule has 0 spiro atoms. The minimum Gasteiger partial charge on any atom is -1.00 e. The second-order valence-corrected chi connectivity index (χ2v) is 4.86. The molecule has 0 heterocycles. The van der Waals surface area contributed by atoms with Gasteiger partial charge in [0.2, 0.25) is 0 Å². The third-order valence-corrected chi connectivity index (χ3v) is 2.96. The van der Waals surface area contributed by atoms with Gasteiger partial charge in [0.05, 0.1) is 6.10 Å². The maximum absolute atomic E-state index is 9.26. The summed E-state index contributed by atoms with van der Waals surface area (Å²) in [6.07, 6.45) is -0.340. The van der Waals surface area contributed by atoms with Crippen LogP contribution in [0.1, 0.15) is 18.1 Å². The Morgan fingerprint density at radius 1 is 1.05 bits per heavy atom. The number of aliphatic hydroxyl groups excluding tert-OH is 1. The Morgan fingerprint density at radius 3 is 2.43 bits per heavy atom. The van der Waals surface area contributed by atoms with E-state index in [0.29, 0.717) is 19.7 Å². The summed E-state index contributed by atoms with van der Waals surface area (Å²) in [5.74, 6) is 0.884. The molecule has 2 aromatic carbocycles. The summed E-state index contributed by atoms with van der Waals surface area (Å²) >= 11 is 0. The maximum Gasteiger partial charge on any atom is 0.124 e. The number of para-hydroxylation sites is 1. The van der Waals surface area contributed by atoms with Gasteiger partial charge in [-0.25, -0.2) is 0 Å². The fourth-order valence-corrected chi connectivity index (χ4v) is 1.94. The summed E-state index contributed by atoms with van der Waals surface area (Å²) in [6, 6.07) is 18.1. The van der Waals surface area contributed by atoms with E-state index in [4.69, 9.17) is 4.74 Å². The van der Waals surface area contributed by atoms with Gasteiger partial charge in [0.15, 0.2) is 0 Å². The van der Waals surface area contributed by atoms with Crippen molar-refractivity contribution in [2.75, 3.05) is 6.54 Å². The number of rotatable bonds is 7. The van der Waals surface area contributed by atoms with Crippen LogP contribution < -0.4 is 22.5 Å². The largest absolute Gasteiger partial charge is 1.00 e. The smallest absolute Gasteiger partial charge is 0.124 e. The van der Waals surface area contributed by atoms with E-state index in [1.807, 2.05) is 54.6 Å². The molecular weight excluding hydrogens is 286 g/mol. The number of hydrogen-bond donors (Lipinski definition) is 2. The summed E-state index contributed by atoms with van der Waals surface area (Å²) in [7, 11) is 0. The van der Waals surface area contributed by atoms with Gasteiger partial charge in [-0.1, -0.05) is 48.5 Å². The first kappa shape index (κ1) is 17.5. The van der Waals surface area contributed by atoms with Crippen molar-refractivity contribution in [1.82, 2.24) is 5.32 Å². The Bertz CT molecular complexity index is 517. The quantitative estimate of drug-likeness (QED) is 0.741. The zero-order valence-electron chi connectivity index (χ0n) is 12.1. The number of hydrogen-bond acceptors (Lipinski definition) is 3. The van der Waals surface area contributed by atoms with Crippen molar-refractivity contribution in [1.29, 1.82) is 0 Å². The minimum atomic E-state index is -0.340. The molecule has 0 saturated heterocycles. The van der Waals surface area contributed by atoms with E-state index in [-0.39, 0.29) is 18.5 Å². The van der Waals surface area contributed by atoms with Crippen molar-refractivity contribution < 1.29 is 22.3 Å². The van der Waals surface area contributed by atoms with E-state index in [1.165, 1.54) is 0 Å². The van der Waals surface area contributed by atoms with E-state index in [1.54, 1.807) is 6.92 Å². The van der Waals surface area contributed by atoms with Gasteiger partial charge in [0.25, 0.3) is 0 Å². The van der Waals surface area contributed by atoms with Crippen LogP contribution in [0.5, 0.6) is 5.75 Å². The van der Waals surface area contributed by atoms with E-state index in [0.717, 1.165) is 16.9 Å². The molecular formula is C17H21ClNO2-. The number of nitrogens with one attached hydrogen (secondary N) is 1. The normalized spacial score (nSPS) is 11.5. The number of ether oxygens (including phenoxy) is 1. The fourth-order valence-electron chi connectivity index (χ4n) is 1.94. The summed E-state index contributed by atoms with van der Waals surface area (Å²) < 4.78 is 5.88. The fraction of sp³-hybridized carbons (Fsp3) is 0.294. The molecule has 1 atom stereocenters. The van der Waals surface area contributed by atoms with Crippen LogP contribution in [0.3, 0.4) is 0 Å². The molecule has 21 heavy (non-hydrogen) atoms. The summed E-state index contributed by atoms with van der Waals surface area (Å²) in [5, 5.41) is 12.5. The van der Waals surface area contributed by atoms with Crippen LogP contribution >= 0.6 is 0 Å². The van der Waals surface area contributed by atoms with Gasteiger partial charge in [0.1, 0.15) is 12.4 Å². The van der Waals surface area contributed by atoms with Crippen molar-refractivity contribution in [3.8, 4) is 5.75 Å². The maximum atomic E-state index is 9.26. The first-order valence-corrected chi connectivity index (χ1v) is 6.89. The van der Waals surface area contributed by atoms with Gasteiger partial charge < -0.3 is 27.6 Å². The highest BCUT2D eigenvalue weighted by atomic mass is 35.5. The van der Waals surface area contributed by atoms with E-state index < -0.39 is 0 Å². The molecule has 2 rings (SSSR count). The lowest BCUT2D eigenvalue weighted by molar-refractivity contribution is -0.00000662. The van der Waals surface area contributed by atoms with E-state index >= 15 is 0 Å². The molecule has 0 radical (unpaired) electrons. The predicted molar refractivity (Wildman–Crippen MR) is 80.6 cm³/mol. The Labute approximate surface area is 132 Å². The van der Waals surface area contributed by atoms with Crippen LogP contribution in [0, 0.1) is 0 Å². The average molecular weight is 307 g/mol. The summed E-state index contributed by atoms with van der Waals surface area (Å²) in [5.41, 5.74) is 2.25. The molecule has 2 N–H and O–H groups in total. The molecule has 0 saturated carbocycles. The highest BCUT2D eigenvalue weighted by Gasteiger charge is 2.04. The SMILES string of the molecule is CC(O)CNCc1ccccc1OCc1ccccc1.[Cl-]. The van der Waals surface area contributed by atoms with Crippen LogP contribution in [-0.4, -0.2) is 17.8 Å². The second-order valence-electron chi connectivity index (χ2n) is 4.86. The van der Waals surface area contributed by atoms with Crippen LogP contribution in [-0.2, 0) is 13.2 Å². The molecule has 4 heteroatoms. The second kappa shape index (κ2) is 9.40.